The number of urea groups is 1. The van der Waals surface area contributed by atoms with Gasteiger partial charge in [-0.2, -0.15) is 0 Å². The minimum absolute atomic E-state index is 0.0372. The quantitative estimate of drug-likeness (QED) is 0.520. The molecular formula is C25H32N2O5. The van der Waals surface area contributed by atoms with E-state index in [9.17, 15) is 9.59 Å². The number of hydrogen-bond donors (Lipinski definition) is 0. The summed E-state index contributed by atoms with van der Waals surface area (Å²) in [6, 6.07) is 12.8. The minimum atomic E-state index is -0.498. The van der Waals surface area contributed by atoms with Gasteiger partial charge in [-0.15, -0.1) is 0 Å². The van der Waals surface area contributed by atoms with Gasteiger partial charge >= 0.3 is 6.03 Å². The Balaban J connectivity index is 1.88. The Morgan fingerprint density at radius 3 is 2.09 bits per heavy atom. The molecule has 0 spiro atoms. The van der Waals surface area contributed by atoms with Crippen LogP contribution in [0.4, 0.5) is 4.79 Å². The van der Waals surface area contributed by atoms with Crippen LogP contribution in [0.15, 0.2) is 42.5 Å². The average Bonchev–Trinajstić information content (AvgIpc) is 3.05. The largest absolute Gasteiger partial charge is 0.493 e. The maximum absolute atomic E-state index is 13.3. The van der Waals surface area contributed by atoms with E-state index < -0.39 is 6.04 Å². The highest BCUT2D eigenvalue weighted by Crippen LogP contribution is 2.39. The van der Waals surface area contributed by atoms with Crippen molar-refractivity contribution < 1.29 is 23.8 Å². The Morgan fingerprint density at radius 2 is 1.56 bits per heavy atom. The van der Waals surface area contributed by atoms with Crippen LogP contribution in [-0.2, 0) is 17.8 Å². The zero-order valence-electron chi connectivity index (χ0n) is 19.5. The van der Waals surface area contributed by atoms with E-state index >= 15 is 0 Å². The molecular weight excluding hydrogens is 408 g/mol. The van der Waals surface area contributed by atoms with E-state index in [0.29, 0.717) is 30.2 Å². The highest BCUT2D eigenvalue weighted by Gasteiger charge is 2.46. The van der Waals surface area contributed by atoms with E-state index in [-0.39, 0.29) is 24.4 Å². The molecule has 0 N–H and O–H groups in total. The number of carbonyl (C=O) groups excluding carboxylic acids is 2. The normalized spacial score (nSPS) is 17.0. The molecule has 0 aliphatic carbocycles. The summed E-state index contributed by atoms with van der Waals surface area (Å²) in [5.41, 5.74) is 1.90. The van der Waals surface area contributed by atoms with E-state index in [2.05, 4.69) is 0 Å². The van der Waals surface area contributed by atoms with E-state index in [1.807, 2.05) is 56.3 Å². The van der Waals surface area contributed by atoms with Crippen molar-refractivity contribution in [2.45, 2.75) is 39.3 Å². The van der Waals surface area contributed by atoms with Crippen LogP contribution in [0.25, 0.3) is 0 Å². The van der Waals surface area contributed by atoms with Crippen molar-refractivity contribution in [1.82, 2.24) is 9.80 Å². The first kappa shape index (κ1) is 23.4. The molecule has 2 aromatic rings. The van der Waals surface area contributed by atoms with Gasteiger partial charge in [-0.1, -0.05) is 50.6 Å². The summed E-state index contributed by atoms with van der Waals surface area (Å²) >= 11 is 0. The lowest BCUT2D eigenvalue weighted by atomic mass is 9.97. The summed E-state index contributed by atoms with van der Waals surface area (Å²) in [6.45, 7) is 4.68. The summed E-state index contributed by atoms with van der Waals surface area (Å²) in [5.74, 6) is 1.43. The highest BCUT2D eigenvalue weighted by molar-refractivity contribution is 6.04. The van der Waals surface area contributed by atoms with Crippen LogP contribution in [0.2, 0.25) is 0 Å². The molecule has 0 bridgehead atoms. The Labute approximate surface area is 189 Å². The van der Waals surface area contributed by atoms with Gasteiger partial charge in [0, 0.05) is 13.1 Å². The maximum Gasteiger partial charge on any atom is 0.327 e. The van der Waals surface area contributed by atoms with Gasteiger partial charge in [0.1, 0.15) is 6.04 Å². The van der Waals surface area contributed by atoms with Crippen molar-refractivity contribution in [3.8, 4) is 17.2 Å². The number of imide groups is 1. The smallest absolute Gasteiger partial charge is 0.327 e. The van der Waals surface area contributed by atoms with Crippen molar-refractivity contribution in [2.24, 2.45) is 5.92 Å². The number of nitrogens with zero attached hydrogens (tertiary/aromatic N) is 2. The van der Waals surface area contributed by atoms with E-state index in [1.54, 1.807) is 26.2 Å². The van der Waals surface area contributed by atoms with Crippen molar-refractivity contribution in [3.63, 3.8) is 0 Å². The van der Waals surface area contributed by atoms with E-state index in [4.69, 9.17) is 14.2 Å². The maximum atomic E-state index is 13.3. The topological polar surface area (TPSA) is 68.3 Å². The van der Waals surface area contributed by atoms with Gasteiger partial charge in [-0.3, -0.25) is 9.69 Å². The molecule has 2 atom stereocenters. The summed E-state index contributed by atoms with van der Waals surface area (Å²) in [6.07, 6.45) is 1.42. The molecule has 1 saturated heterocycles. The van der Waals surface area contributed by atoms with Crippen LogP contribution in [0.5, 0.6) is 17.2 Å². The Bertz CT molecular complexity index is 922. The first-order valence-corrected chi connectivity index (χ1v) is 10.9. The molecule has 1 aliphatic heterocycles. The van der Waals surface area contributed by atoms with Gasteiger partial charge in [0.2, 0.25) is 5.75 Å². The molecule has 1 aliphatic rings. The Morgan fingerprint density at radius 1 is 0.938 bits per heavy atom. The number of methoxy groups -OCH3 is 3. The molecule has 0 saturated carbocycles. The molecule has 0 radical (unpaired) electrons. The van der Waals surface area contributed by atoms with Crippen molar-refractivity contribution in [1.29, 1.82) is 0 Å². The number of carbonyl (C=O) groups is 2. The first-order chi connectivity index (χ1) is 15.4. The lowest BCUT2D eigenvalue weighted by molar-refractivity contribution is -0.129. The molecule has 2 aromatic carbocycles. The predicted octanol–water partition coefficient (Wildman–Crippen LogP) is 4.13. The average molecular weight is 441 g/mol. The lowest BCUT2D eigenvalue weighted by Crippen LogP contribution is -2.39. The fourth-order valence-electron chi connectivity index (χ4n) is 4.12. The van der Waals surface area contributed by atoms with Crippen LogP contribution in [0.3, 0.4) is 0 Å². The molecule has 1 heterocycles. The zero-order chi connectivity index (χ0) is 23.3. The molecule has 0 unspecified atom stereocenters. The fourth-order valence-corrected chi connectivity index (χ4v) is 4.12. The first-order valence-electron chi connectivity index (χ1n) is 10.9. The third kappa shape index (κ3) is 4.66. The summed E-state index contributed by atoms with van der Waals surface area (Å²) in [7, 11) is 4.66. The highest BCUT2D eigenvalue weighted by atomic mass is 16.5. The molecule has 7 heteroatoms. The molecule has 172 valence electrons. The number of ether oxygens (including phenoxy) is 3. The van der Waals surface area contributed by atoms with E-state index in [1.165, 1.54) is 4.90 Å². The molecule has 3 amide bonds. The van der Waals surface area contributed by atoms with Gasteiger partial charge < -0.3 is 19.1 Å². The monoisotopic (exact) mass is 440 g/mol. The lowest BCUT2D eigenvalue weighted by Gasteiger charge is -2.26. The minimum Gasteiger partial charge on any atom is -0.493 e. The van der Waals surface area contributed by atoms with Gasteiger partial charge in [0.15, 0.2) is 11.5 Å². The number of amides is 3. The molecule has 32 heavy (non-hydrogen) atoms. The summed E-state index contributed by atoms with van der Waals surface area (Å²) in [5, 5.41) is 0. The van der Waals surface area contributed by atoms with E-state index in [0.717, 1.165) is 17.5 Å². The third-order valence-electron chi connectivity index (χ3n) is 6.06. The van der Waals surface area contributed by atoms with Crippen LogP contribution in [-0.4, -0.2) is 55.7 Å². The van der Waals surface area contributed by atoms with Crippen molar-refractivity contribution in [2.75, 3.05) is 27.9 Å². The summed E-state index contributed by atoms with van der Waals surface area (Å²) in [4.78, 5) is 29.7. The second-order valence-electron chi connectivity index (χ2n) is 8.00. The van der Waals surface area contributed by atoms with Gasteiger partial charge in [-0.25, -0.2) is 4.79 Å². The van der Waals surface area contributed by atoms with Gasteiger partial charge in [0.25, 0.3) is 5.91 Å². The molecule has 3 rings (SSSR count). The number of benzene rings is 2. The Hall–Kier alpha value is -3.22. The van der Waals surface area contributed by atoms with Crippen LogP contribution in [0.1, 0.15) is 31.4 Å². The Kier molecular flexibility index (Phi) is 7.62. The number of hydrogen-bond acceptors (Lipinski definition) is 5. The second kappa shape index (κ2) is 10.4. The van der Waals surface area contributed by atoms with Crippen LogP contribution in [0, 0.1) is 5.92 Å². The summed E-state index contributed by atoms with van der Waals surface area (Å²) < 4.78 is 16.3. The molecule has 7 nitrogen and oxygen atoms in total. The SMILES string of the molecule is CC[C@H](C)[C@H]1C(=O)N(CCc2ccccc2)C(=O)N1Cc1cc(OC)c(OC)c(OC)c1. The predicted molar refractivity (Wildman–Crippen MR) is 122 cm³/mol. The standard InChI is InChI=1S/C25H32N2O5/c1-6-17(2)22-24(28)26(13-12-18-10-8-7-9-11-18)25(29)27(22)16-19-14-20(30-3)23(32-5)21(15-19)31-4/h7-11,14-15,17,22H,6,12-13,16H2,1-5H3/t17-,22-/m0/s1. The molecule has 0 aromatic heterocycles. The fraction of sp³-hybridized carbons (Fsp3) is 0.440. The number of rotatable bonds is 10. The van der Waals surface area contributed by atoms with Gasteiger partial charge in [-0.05, 0) is 35.6 Å². The molecule has 1 fully saturated rings. The van der Waals surface area contributed by atoms with Crippen LogP contribution >= 0.6 is 0 Å². The van der Waals surface area contributed by atoms with Crippen molar-refractivity contribution >= 4 is 11.9 Å². The van der Waals surface area contributed by atoms with Crippen LogP contribution < -0.4 is 14.2 Å². The second-order valence-corrected chi connectivity index (χ2v) is 8.00. The van der Waals surface area contributed by atoms with Crippen molar-refractivity contribution in [3.05, 3.63) is 53.6 Å². The van der Waals surface area contributed by atoms with Gasteiger partial charge in [0.05, 0.1) is 21.3 Å². The zero-order valence-corrected chi connectivity index (χ0v) is 19.5. The third-order valence-corrected chi connectivity index (χ3v) is 6.06.